The molecule has 0 aromatic heterocycles. The number of morpholine rings is 1. The maximum absolute atomic E-state index is 12.0. The second kappa shape index (κ2) is 6.37. The Bertz CT molecular complexity index is 448. The molecule has 1 heterocycles. The van der Waals surface area contributed by atoms with Crippen molar-refractivity contribution >= 4 is 23.2 Å². The van der Waals surface area contributed by atoms with Crippen LogP contribution in [-0.2, 0) is 9.53 Å². The van der Waals surface area contributed by atoms with Crippen molar-refractivity contribution in [3.63, 3.8) is 0 Å². The lowest BCUT2D eigenvalue weighted by Gasteiger charge is -2.26. The molecule has 1 fully saturated rings. The summed E-state index contributed by atoms with van der Waals surface area (Å²) in [6.07, 6.45) is 0. The molecule has 0 bridgehead atoms. The molecule has 0 unspecified atom stereocenters. The highest BCUT2D eigenvalue weighted by atomic mass is 35.5. The van der Waals surface area contributed by atoms with E-state index in [2.05, 4.69) is 10.2 Å². The number of aryl methyl sites for hydroxylation is 2. The fourth-order valence-electron chi connectivity index (χ4n) is 2.22. The number of carbonyl (C=O) groups is 1. The minimum Gasteiger partial charge on any atom is -0.379 e. The number of hydrogen-bond donors (Lipinski definition) is 1. The normalized spacial score (nSPS) is 16.4. The van der Waals surface area contributed by atoms with Crippen molar-refractivity contribution in [1.82, 2.24) is 4.90 Å². The second-order valence-corrected chi connectivity index (χ2v) is 5.28. The number of ether oxygens (including phenoxy) is 1. The minimum absolute atomic E-state index is 0.0317. The lowest BCUT2D eigenvalue weighted by Crippen LogP contribution is -2.41. The minimum atomic E-state index is -0.0317. The van der Waals surface area contributed by atoms with Crippen molar-refractivity contribution in [2.75, 3.05) is 38.2 Å². The summed E-state index contributed by atoms with van der Waals surface area (Å²) < 4.78 is 5.26. The molecule has 0 saturated carbocycles. The number of hydrogen-bond acceptors (Lipinski definition) is 3. The number of benzene rings is 1. The molecule has 2 rings (SSSR count). The van der Waals surface area contributed by atoms with E-state index in [-0.39, 0.29) is 5.91 Å². The van der Waals surface area contributed by atoms with Gasteiger partial charge in [0, 0.05) is 13.1 Å². The molecular formula is C14H19ClN2O2. The molecule has 0 radical (unpaired) electrons. The molecule has 0 aliphatic carbocycles. The van der Waals surface area contributed by atoms with Crippen LogP contribution in [-0.4, -0.2) is 43.7 Å². The lowest BCUT2D eigenvalue weighted by molar-refractivity contribution is -0.118. The molecule has 1 aliphatic rings. The Morgan fingerprint density at radius 1 is 1.37 bits per heavy atom. The van der Waals surface area contributed by atoms with Crippen molar-refractivity contribution in [1.29, 1.82) is 0 Å². The highest BCUT2D eigenvalue weighted by Gasteiger charge is 2.15. The molecule has 1 N–H and O–H groups in total. The molecule has 5 heteroatoms. The topological polar surface area (TPSA) is 41.6 Å². The number of halogens is 1. The summed E-state index contributed by atoms with van der Waals surface area (Å²) in [5, 5.41) is 3.49. The molecule has 0 spiro atoms. The van der Waals surface area contributed by atoms with Crippen LogP contribution in [0.15, 0.2) is 12.1 Å². The van der Waals surface area contributed by atoms with Gasteiger partial charge in [-0.05, 0) is 31.0 Å². The van der Waals surface area contributed by atoms with E-state index in [1.165, 1.54) is 0 Å². The van der Waals surface area contributed by atoms with Crippen molar-refractivity contribution in [3.05, 3.63) is 28.3 Å². The van der Waals surface area contributed by atoms with Gasteiger partial charge in [-0.25, -0.2) is 0 Å². The summed E-state index contributed by atoms with van der Waals surface area (Å²) in [5.41, 5.74) is 2.79. The summed E-state index contributed by atoms with van der Waals surface area (Å²) in [5.74, 6) is -0.0317. The third-order valence-electron chi connectivity index (χ3n) is 3.17. The summed E-state index contributed by atoms with van der Waals surface area (Å²) >= 11 is 6.17. The summed E-state index contributed by atoms with van der Waals surface area (Å²) in [4.78, 5) is 14.1. The van der Waals surface area contributed by atoms with Gasteiger partial charge < -0.3 is 10.1 Å². The molecular weight excluding hydrogens is 264 g/mol. The average Bonchev–Trinajstić information content (AvgIpc) is 2.35. The highest BCUT2D eigenvalue weighted by Crippen LogP contribution is 2.27. The summed E-state index contributed by atoms with van der Waals surface area (Å²) in [7, 11) is 0. The summed E-state index contributed by atoms with van der Waals surface area (Å²) in [6.45, 7) is 7.30. The molecule has 104 valence electrons. The van der Waals surface area contributed by atoms with E-state index < -0.39 is 0 Å². The Morgan fingerprint density at radius 2 is 2.05 bits per heavy atom. The largest absolute Gasteiger partial charge is 0.379 e. The molecule has 1 aliphatic heterocycles. The zero-order valence-electron chi connectivity index (χ0n) is 11.3. The van der Waals surface area contributed by atoms with Crippen LogP contribution in [0.3, 0.4) is 0 Å². The third-order valence-corrected chi connectivity index (χ3v) is 3.47. The van der Waals surface area contributed by atoms with Gasteiger partial charge in [0.2, 0.25) is 5.91 Å². The number of amides is 1. The van der Waals surface area contributed by atoms with Gasteiger partial charge in [0.15, 0.2) is 0 Å². The molecule has 4 nitrogen and oxygen atoms in total. The first-order valence-electron chi connectivity index (χ1n) is 6.43. The van der Waals surface area contributed by atoms with Crippen molar-refractivity contribution in [3.8, 4) is 0 Å². The average molecular weight is 283 g/mol. The zero-order valence-corrected chi connectivity index (χ0v) is 12.1. The van der Waals surface area contributed by atoms with Gasteiger partial charge in [-0.2, -0.15) is 0 Å². The maximum Gasteiger partial charge on any atom is 0.238 e. The molecule has 19 heavy (non-hydrogen) atoms. The van der Waals surface area contributed by atoms with E-state index in [1.807, 2.05) is 26.0 Å². The Morgan fingerprint density at radius 3 is 2.68 bits per heavy atom. The zero-order chi connectivity index (χ0) is 13.8. The van der Waals surface area contributed by atoms with Crippen LogP contribution >= 0.6 is 11.6 Å². The van der Waals surface area contributed by atoms with Gasteiger partial charge in [0.1, 0.15) is 0 Å². The summed E-state index contributed by atoms with van der Waals surface area (Å²) in [6, 6.07) is 3.87. The predicted molar refractivity (Wildman–Crippen MR) is 76.8 cm³/mol. The number of nitrogens with one attached hydrogen (secondary N) is 1. The first kappa shape index (κ1) is 14.3. The molecule has 1 aromatic carbocycles. The Balaban J connectivity index is 1.98. The van der Waals surface area contributed by atoms with Gasteiger partial charge in [-0.1, -0.05) is 17.7 Å². The first-order valence-corrected chi connectivity index (χ1v) is 6.81. The lowest BCUT2D eigenvalue weighted by atomic mass is 10.1. The smallest absolute Gasteiger partial charge is 0.238 e. The Kier molecular flexibility index (Phi) is 4.80. The van der Waals surface area contributed by atoms with Crippen molar-refractivity contribution in [2.45, 2.75) is 13.8 Å². The molecule has 0 atom stereocenters. The van der Waals surface area contributed by atoms with Crippen LogP contribution in [0.2, 0.25) is 5.02 Å². The quantitative estimate of drug-likeness (QED) is 0.924. The monoisotopic (exact) mass is 282 g/mol. The third kappa shape index (κ3) is 3.93. The van der Waals surface area contributed by atoms with Crippen LogP contribution in [0.1, 0.15) is 11.1 Å². The van der Waals surface area contributed by atoms with E-state index in [1.54, 1.807) is 0 Å². The Hall–Kier alpha value is -1.10. The van der Waals surface area contributed by atoms with Gasteiger partial charge in [0.05, 0.1) is 30.5 Å². The molecule has 1 amide bonds. The molecule has 1 aromatic rings. The van der Waals surface area contributed by atoms with Crippen LogP contribution in [0.5, 0.6) is 0 Å². The fourth-order valence-corrected chi connectivity index (χ4v) is 2.58. The fraction of sp³-hybridized carbons (Fsp3) is 0.500. The second-order valence-electron chi connectivity index (χ2n) is 4.88. The van der Waals surface area contributed by atoms with Gasteiger partial charge in [0.25, 0.3) is 0 Å². The first-order chi connectivity index (χ1) is 9.06. The number of carbonyl (C=O) groups excluding carboxylic acids is 1. The number of rotatable bonds is 3. The van der Waals surface area contributed by atoms with E-state index in [9.17, 15) is 4.79 Å². The Labute approximate surface area is 118 Å². The van der Waals surface area contributed by atoms with Crippen LogP contribution in [0, 0.1) is 13.8 Å². The standard InChI is InChI=1S/C14H19ClN2O2/c1-10-7-11(2)14(12(15)8-10)16-13(18)9-17-3-5-19-6-4-17/h7-8H,3-6,9H2,1-2H3,(H,16,18). The van der Waals surface area contributed by atoms with Gasteiger partial charge >= 0.3 is 0 Å². The van der Waals surface area contributed by atoms with Crippen LogP contribution in [0.4, 0.5) is 5.69 Å². The van der Waals surface area contributed by atoms with E-state index in [0.717, 1.165) is 24.2 Å². The van der Waals surface area contributed by atoms with Gasteiger partial charge in [-0.3, -0.25) is 9.69 Å². The van der Waals surface area contributed by atoms with E-state index >= 15 is 0 Å². The van der Waals surface area contributed by atoms with Crippen LogP contribution < -0.4 is 5.32 Å². The van der Waals surface area contributed by atoms with Crippen molar-refractivity contribution in [2.24, 2.45) is 0 Å². The van der Waals surface area contributed by atoms with Crippen LogP contribution in [0.25, 0.3) is 0 Å². The van der Waals surface area contributed by atoms with Crippen molar-refractivity contribution < 1.29 is 9.53 Å². The molecule has 1 saturated heterocycles. The number of nitrogens with zero attached hydrogens (tertiary/aromatic N) is 1. The van der Waals surface area contributed by atoms with E-state index in [0.29, 0.717) is 30.5 Å². The SMILES string of the molecule is Cc1cc(C)c(NC(=O)CN2CCOCC2)c(Cl)c1. The van der Waals surface area contributed by atoms with Gasteiger partial charge in [-0.15, -0.1) is 0 Å². The van der Waals surface area contributed by atoms with E-state index in [4.69, 9.17) is 16.3 Å². The number of anilines is 1. The highest BCUT2D eigenvalue weighted by molar-refractivity contribution is 6.34. The maximum atomic E-state index is 12.0. The predicted octanol–water partition coefficient (Wildman–Crippen LogP) is 2.23.